The van der Waals surface area contributed by atoms with E-state index in [2.05, 4.69) is 33.3 Å². The number of aromatic nitrogens is 2. The first kappa shape index (κ1) is 22.3. The number of amides is 1. The van der Waals surface area contributed by atoms with Crippen LogP contribution in [0.5, 0.6) is 0 Å². The summed E-state index contributed by atoms with van der Waals surface area (Å²) in [4.78, 5) is 35.2. The van der Waals surface area contributed by atoms with Gasteiger partial charge in [-0.3, -0.25) is 15.0 Å². The fourth-order valence-corrected chi connectivity index (χ4v) is 4.40. The predicted molar refractivity (Wildman–Crippen MR) is 138 cm³/mol. The van der Waals surface area contributed by atoms with Gasteiger partial charge in [-0.05, 0) is 49.5 Å². The highest BCUT2D eigenvalue weighted by Crippen LogP contribution is 2.22. The normalized spacial score (nSPS) is 14.4. The molecule has 1 amide bonds. The Morgan fingerprint density at radius 1 is 0.941 bits per heavy atom. The molecule has 1 aliphatic rings. The van der Waals surface area contributed by atoms with E-state index in [-0.39, 0.29) is 11.5 Å². The van der Waals surface area contributed by atoms with Gasteiger partial charge in [-0.2, -0.15) is 0 Å². The molecule has 0 saturated carbocycles. The molecular weight excluding hydrogens is 494 g/mol. The summed E-state index contributed by atoms with van der Waals surface area (Å²) in [6, 6.07) is 22.2. The van der Waals surface area contributed by atoms with Gasteiger partial charge in [-0.25, -0.2) is 9.66 Å². The van der Waals surface area contributed by atoms with Crippen LogP contribution >= 0.6 is 15.9 Å². The molecule has 34 heavy (non-hydrogen) atoms. The van der Waals surface area contributed by atoms with Crippen LogP contribution in [0.1, 0.15) is 10.4 Å². The second-order valence-electron chi connectivity index (χ2n) is 8.39. The summed E-state index contributed by atoms with van der Waals surface area (Å²) in [7, 11) is 2.06. The number of anilines is 1. The zero-order chi connectivity index (χ0) is 23.7. The largest absolute Gasteiger partial charge is 0.336 e. The monoisotopic (exact) mass is 517 g/mol. The van der Waals surface area contributed by atoms with Crippen molar-refractivity contribution in [3.8, 4) is 11.4 Å². The van der Waals surface area contributed by atoms with Crippen molar-refractivity contribution in [3.63, 3.8) is 0 Å². The van der Waals surface area contributed by atoms with E-state index in [9.17, 15) is 9.59 Å². The van der Waals surface area contributed by atoms with Gasteiger partial charge in [0.05, 0.1) is 16.6 Å². The predicted octanol–water partition coefficient (Wildman–Crippen LogP) is 4.09. The molecule has 1 saturated heterocycles. The third-order valence-electron chi connectivity index (χ3n) is 6.03. The molecule has 1 aliphatic heterocycles. The molecule has 0 aliphatic carbocycles. The number of likely N-dealkylation sites (N-methyl/N-ethyl adjacent to an activating group) is 1. The first-order valence-corrected chi connectivity index (χ1v) is 11.9. The van der Waals surface area contributed by atoms with Crippen LogP contribution in [0, 0.1) is 0 Å². The molecule has 7 nitrogen and oxygen atoms in total. The number of hydrogen-bond donors (Lipinski definition) is 1. The average Bonchev–Trinajstić information content (AvgIpc) is 2.86. The summed E-state index contributed by atoms with van der Waals surface area (Å²) < 4.78 is 2.32. The summed E-state index contributed by atoms with van der Waals surface area (Å²) in [6.07, 6.45) is 0. The topological polar surface area (TPSA) is 70.5 Å². The number of carbonyl (C=O) groups is 1. The van der Waals surface area contributed by atoms with E-state index in [1.807, 2.05) is 59.5 Å². The number of fused-ring (bicyclic) bond motifs is 1. The maximum absolute atomic E-state index is 13.4. The third kappa shape index (κ3) is 4.47. The van der Waals surface area contributed by atoms with Gasteiger partial charge in [-0.15, -0.1) is 0 Å². The van der Waals surface area contributed by atoms with Gasteiger partial charge in [0, 0.05) is 41.8 Å². The lowest BCUT2D eigenvalue weighted by Crippen LogP contribution is -2.47. The molecule has 1 N–H and O–H groups in total. The molecule has 172 valence electrons. The lowest BCUT2D eigenvalue weighted by molar-refractivity contribution is 0.0664. The number of rotatable bonds is 4. The zero-order valence-corrected chi connectivity index (χ0v) is 20.3. The molecule has 5 rings (SSSR count). The highest BCUT2D eigenvalue weighted by molar-refractivity contribution is 9.10. The van der Waals surface area contributed by atoms with Crippen molar-refractivity contribution in [1.82, 2.24) is 19.5 Å². The number of piperazine rings is 1. The molecule has 2 heterocycles. The standard InChI is InChI=1S/C26H24BrN5O2/c1-30-13-15-31(16-14-30)25(33)19-7-10-21(11-8-19)29-32-24(18-5-3-2-4-6-18)28-23-17-20(27)9-12-22(23)26(32)34/h2-12,17,29H,13-16H2,1H3. The smallest absolute Gasteiger partial charge is 0.280 e. The van der Waals surface area contributed by atoms with Gasteiger partial charge >= 0.3 is 0 Å². The SMILES string of the molecule is CN1CCN(C(=O)c2ccc(Nn3c(-c4ccccc4)nc4cc(Br)ccc4c3=O)cc2)CC1. The van der Waals surface area contributed by atoms with Crippen LogP contribution in [0.2, 0.25) is 0 Å². The van der Waals surface area contributed by atoms with E-state index in [0.29, 0.717) is 28.0 Å². The molecule has 0 atom stereocenters. The fraction of sp³-hybridized carbons (Fsp3) is 0.192. The van der Waals surface area contributed by atoms with Crippen LogP contribution in [0.25, 0.3) is 22.3 Å². The van der Waals surface area contributed by atoms with Crippen LogP contribution in [-0.2, 0) is 0 Å². The van der Waals surface area contributed by atoms with Gasteiger partial charge in [0.1, 0.15) is 0 Å². The van der Waals surface area contributed by atoms with Gasteiger partial charge in [0.15, 0.2) is 5.82 Å². The van der Waals surface area contributed by atoms with E-state index < -0.39 is 0 Å². The Bertz CT molecular complexity index is 1390. The number of nitrogens with zero attached hydrogens (tertiary/aromatic N) is 4. The molecule has 1 aromatic heterocycles. The van der Waals surface area contributed by atoms with Crippen molar-refractivity contribution in [2.24, 2.45) is 0 Å². The van der Waals surface area contributed by atoms with E-state index in [0.717, 1.165) is 36.2 Å². The van der Waals surface area contributed by atoms with E-state index in [4.69, 9.17) is 4.98 Å². The van der Waals surface area contributed by atoms with Gasteiger partial charge < -0.3 is 9.80 Å². The lowest BCUT2D eigenvalue weighted by Gasteiger charge is -2.32. The highest BCUT2D eigenvalue weighted by atomic mass is 79.9. The van der Waals surface area contributed by atoms with Crippen molar-refractivity contribution in [2.45, 2.75) is 0 Å². The first-order valence-electron chi connectivity index (χ1n) is 11.1. The molecule has 4 aromatic rings. The summed E-state index contributed by atoms with van der Waals surface area (Å²) in [5, 5.41) is 0.511. The first-order chi connectivity index (χ1) is 16.5. The molecule has 3 aromatic carbocycles. The number of carbonyl (C=O) groups excluding carboxylic acids is 1. The van der Waals surface area contributed by atoms with Crippen molar-refractivity contribution < 1.29 is 4.79 Å². The Labute approximate surface area is 205 Å². The third-order valence-corrected chi connectivity index (χ3v) is 6.52. The Kier molecular flexibility index (Phi) is 6.17. The van der Waals surface area contributed by atoms with Crippen molar-refractivity contribution in [3.05, 3.63) is 93.2 Å². The van der Waals surface area contributed by atoms with Crippen molar-refractivity contribution in [2.75, 3.05) is 38.7 Å². The summed E-state index contributed by atoms with van der Waals surface area (Å²) >= 11 is 3.46. The second kappa shape index (κ2) is 9.40. The van der Waals surface area contributed by atoms with Crippen LogP contribution in [0.4, 0.5) is 5.69 Å². The van der Waals surface area contributed by atoms with Crippen LogP contribution in [0.3, 0.4) is 0 Å². The number of nitrogens with one attached hydrogen (secondary N) is 1. The summed E-state index contributed by atoms with van der Waals surface area (Å²) in [6.45, 7) is 3.21. The minimum Gasteiger partial charge on any atom is -0.336 e. The quantitative estimate of drug-likeness (QED) is 0.441. The minimum absolute atomic E-state index is 0.0275. The summed E-state index contributed by atoms with van der Waals surface area (Å²) in [5.41, 5.74) is 5.75. The molecule has 0 unspecified atom stereocenters. The molecular formula is C26H24BrN5O2. The highest BCUT2D eigenvalue weighted by Gasteiger charge is 2.20. The van der Waals surface area contributed by atoms with Crippen molar-refractivity contribution in [1.29, 1.82) is 0 Å². The molecule has 0 bridgehead atoms. The van der Waals surface area contributed by atoms with Gasteiger partial charge in [0.2, 0.25) is 0 Å². The van der Waals surface area contributed by atoms with E-state index in [1.165, 1.54) is 4.68 Å². The number of benzene rings is 3. The Hall–Kier alpha value is -3.49. The zero-order valence-electron chi connectivity index (χ0n) is 18.7. The molecule has 1 fully saturated rings. The molecule has 0 radical (unpaired) electrons. The Morgan fingerprint density at radius 3 is 2.35 bits per heavy atom. The molecule has 0 spiro atoms. The van der Waals surface area contributed by atoms with Crippen LogP contribution in [0.15, 0.2) is 82.1 Å². The Balaban J connectivity index is 1.48. The van der Waals surface area contributed by atoms with Gasteiger partial charge in [-0.1, -0.05) is 46.3 Å². The van der Waals surface area contributed by atoms with Gasteiger partial charge in [0.25, 0.3) is 11.5 Å². The maximum Gasteiger partial charge on any atom is 0.280 e. The number of hydrogen-bond acceptors (Lipinski definition) is 5. The van der Waals surface area contributed by atoms with Crippen LogP contribution in [-0.4, -0.2) is 58.6 Å². The number of halogens is 1. The van der Waals surface area contributed by atoms with E-state index >= 15 is 0 Å². The Morgan fingerprint density at radius 2 is 1.65 bits per heavy atom. The summed E-state index contributed by atoms with van der Waals surface area (Å²) in [5.74, 6) is 0.536. The van der Waals surface area contributed by atoms with Crippen LogP contribution < -0.4 is 11.0 Å². The fourth-order valence-electron chi connectivity index (χ4n) is 4.05. The molecule has 8 heteroatoms. The average molecular weight is 518 g/mol. The second-order valence-corrected chi connectivity index (χ2v) is 9.30. The minimum atomic E-state index is -0.200. The van der Waals surface area contributed by atoms with E-state index in [1.54, 1.807) is 18.2 Å². The lowest BCUT2D eigenvalue weighted by atomic mass is 10.1. The van der Waals surface area contributed by atoms with Crippen molar-refractivity contribution >= 4 is 38.4 Å². The maximum atomic E-state index is 13.4.